The minimum atomic E-state index is -0.0759. The van der Waals surface area contributed by atoms with Crippen LogP contribution >= 0.6 is 0 Å². The predicted octanol–water partition coefficient (Wildman–Crippen LogP) is 1.79. The van der Waals surface area contributed by atoms with Crippen LogP contribution in [0.2, 0.25) is 0 Å². The number of amides is 2. The highest BCUT2D eigenvalue weighted by Gasteiger charge is 2.42. The van der Waals surface area contributed by atoms with E-state index in [0.29, 0.717) is 6.54 Å². The maximum atomic E-state index is 12.1. The molecule has 1 aromatic rings. The van der Waals surface area contributed by atoms with Crippen LogP contribution in [-0.2, 0) is 11.2 Å². The summed E-state index contributed by atoms with van der Waals surface area (Å²) in [7, 11) is 1.66. The molecule has 1 aliphatic heterocycles. The third-order valence-electron chi connectivity index (χ3n) is 5.40. The molecule has 1 saturated carbocycles. The summed E-state index contributed by atoms with van der Waals surface area (Å²) in [6.07, 6.45) is 4.39. The summed E-state index contributed by atoms with van der Waals surface area (Å²) in [4.78, 5) is 14.6. The molecule has 138 valence electrons. The first kappa shape index (κ1) is 18.0. The van der Waals surface area contributed by atoms with E-state index in [0.717, 1.165) is 45.0 Å². The van der Waals surface area contributed by atoms with E-state index >= 15 is 0 Å². The highest BCUT2D eigenvalue weighted by molar-refractivity contribution is 5.73. The fourth-order valence-electron chi connectivity index (χ4n) is 3.65. The molecule has 1 aliphatic carbocycles. The number of carbonyl (C=O) groups excluding carboxylic acids is 1. The van der Waals surface area contributed by atoms with E-state index in [1.54, 1.807) is 7.11 Å². The number of benzene rings is 1. The highest BCUT2D eigenvalue weighted by atomic mass is 16.5. The Balaban J connectivity index is 1.38. The minimum absolute atomic E-state index is 0.0759. The Bertz CT molecular complexity index is 552. The molecule has 6 nitrogen and oxygen atoms in total. The number of carbonyl (C=O) groups is 1. The fourth-order valence-corrected chi connectivity index (χ4v) is 3.65. The van der Waals surface area contributed by atoms with Crippen LogP contribution < -0.4 is 15.4 Å². The topological polar surface area (TPSA) is 62.8 Å². The van der Waals surface area contributed by atoms with Crippen molar-refractivity contribution >= 4 is 6.03 Å². The molecule has 0 spiro atoms. The van der Waals surface area contributed by atoms with Gasteiger partial charge >= 0.3 is 6.03 Å². The Morgan fingerprint density at radius 3 is 2.52 bits per heavy atom. The molecule has 1 heterocycles. The first-order valence-corrected chi connectivity index (χ1v) is 9.19. The van der Waals surface area contributed by atoms with Crippen LogP contribution in [0.15, 0.2) is 24.3 Å². The van der Waals surface area contributed by atoms with Gasteiger partial charge in [0.2, 0.25) is 0 Å². The molecule has 2 N–H and O–H groups in total. The quantitative estimate of drug-likeness (QED) is 0.789. The molecule has 2 amide bonds. The van der Waals surface area contributed by atoms with Crippen molar-refractivity contribution in [2.45, 2.75) is 31.2 Å². The molecular formula is C19H29N3O3. The molecule has 1 saturated heterocycles. The Hall–Kier alpha value is -1.79. The van der Waals surface area contributed by atoms with Gasteiger partial charge in [-0.2, -0.15) is 0 Å². The number of urea groups is 1. The first-order chi connectivity index (χ1) is 12.2. The molecule has 0 radical (unpaired) electrons. The maximum absolute atomic E-state index is 12.1. The van der Waals surface area contributed by atoms with Crippen LogP contribution in [0.25, 0.3) is 0 Å². The van der Waals surface area contributed by atoms with Crippen molar-refractivity contribution in [2.75, 3.05) is 46.5 Å². The normalized spacial score (nSPS) is 19.7. The van der Waals surface area contributed by atoms with Crippen LogP contribution in [0.5, 0.6) is 5.75 Å². The lowest BCUT2D eigenvalue weighted by molar-refractivity contribution is -0.0536. The Labute approximate surface area is 149 Å². The smallest absolute Gasteiger partial charge is 0.314 e. The largest absolute Gasteiger partial charge is 0.497 e. The second-order valence-electron chi connectivity index (χ2n) is 6.88. The molecule has 1 aromatic carbocycles. The van der Waals surface area contributed by atoms with Crippen molar-refractivity contribution in [1.29, 1.82) is 0 Å². The van der Waals surface area contributed by atoms with Crippen LogP contribution in [0.1, 0.15) is 24.8 Å². The van der Waals surface area contributed by atoms with Crippen LogP contribution in [-0.4, -0.2) is 63.0 Å². The van der Waals surface area contributed by atoms with Gasteiger partial charge in [-0.15, -0.1) is 0 Å². The van der Waals surface area contributed by atoms with E-state index in [1.807, 2.05) is 24.3 Å². The number of morpholine rings is 1. The van der Waals surface area contributed by atoms with Gasteiger partial charge in [-0.3, -0.25) is 4.90 Å². The molecule has 0 unspecified atom stereocenters. The SMILES string of the molecule is COc1ccc(CCNC(=O)NCC2(N3CCOCC3)CCC2)cc1. The van der Waals surface area contributed by atoms with E-state index in [9.17, 15) is 4.79 Å². The molecule has 0 aromatic heterocycles. The first-order valence-electron chi connectivity index (χ1n) is 9.19. The van der Waals surface area contributed by atoms with E-state index in [-0.39, 0.29) is 11.6 Å². The number of nitrogens with one attached hydrogen (secondary N) is 2. The van der Waals surface area contributed by atoms with Gasteiger partial charge in [-0.1, -0.05) is 12.1 Å². The predicted molar refractivity (Wildman–Crippen MR) is 97.1 cm³/mol. The monoisotopic (exact) mass is 347 g/mol. The summed E-state index contributed by atoms with van der Waals surface area (Å²) in [5.41, 5.74) is 1.33. The lowest BCUT2D eigenvalue weighted by Crippen LogP contribution is -2.63. The lowest BCUT2D eigenvalue weighted by Gasteiger charge is -2.51. The van der Waals surface area contributed by atoms with Crippen molar-refractivity contribution in [3.05, 3.63) is 29.8 Å². The van der Waals surface area contributed by atoms with Crippen LogP contribution in [0.4, 0.5) is 4.79 Å². The van der Waals surface area contributed by atoms with Gasteiger partial charge < -0.3 is 20.1 Å². The van der Waals surface area contributed by atoms with Gasteiger partial charge in [0.25, 0.3) is 0 Å². The molecule has 2 aliphatic rings. The maximum Gasteiger partial charge on any atom is 0.314 e. The minimum Gasteiger partial charge on any atom is -0.497 e. The number of ether oxygens (including phenoxy) is 2. The summed E-state index contributed by atoms with van der Waals surface area (Å²) in [5, 5.41) is 6.03. The molecule has 0 bridgehead atoms. The van der Waals surface area contributed by atoms with Gasteiger partial charge in [0.1, 0.15) is 5.75 Å². The second kappa shape index (κ2) is 8.54. The standard InChI is InChI=1S/C19H29N3O3/c1-24-17-5-3-16(4-6-17)7-10-20-18(23)21-15-19(8-2-9-19)22-11-13-25-14-12-22/h3-6H,2,7-15H2,1H3,(H2,20,21,23). The van der Waals surface area contributed by atoms with Gasteiger partial charge in [0.15, 0.2) is 0 Å². The average Bonchev–Trinajstić information content (AvgIpc) is 2.62. The second-order valence-corrected chi connectivity index (χ2v) is 6.88. The van der Waals surface area contributed by atoms with Gasteiger partial charge in [0.05, 0.1) is 20.3 Å². The van der Waals surface area contributed by atoms with Crippen molar-refractivity contribution in [1.82, 2.24) is 15.5 Å². The van der Waals surface area contributed by atoms with E-state index < -0.39 is 0 Å². The number of hydrogen-bond donors (Lipinski definition) is 2. The van der Waals surface area contributed by atoms with Crippen molar-refractivity contribution in [2.24, 2.45) is 0 Å². The third kappa shape index (κ3) is 4.64. The number of hydrogen-bond acceptors (Lipinski definition) is 4. The Kier molecular flexibility index (Phi) is 6.15. The summed E-state index contributed by atoms with van der Waals surface area (Å²) in [5.74, 6) is 0.850. The third-order valence-corrected chi connectivity index (χ3v) is 5.40. The van der Waals surface area contributed by atoms with E-state index in [4.69, 9.17) is 9.47 Å². The van der Waals surface area contributed by atoms with Crippen molar-refractivity contribution in [3.63, 3.8) is 0 Å². The summed E-state index contributed by atoms with van der Waals surface area (Å²) < 4.78 is 10.6. The summed E-state index contributed by atoms with van der Waals surface area (Å²) >= 11 is 0. The molecule has 25 heavy (non-hydrogen) atoms. The van der Waals surface area contributed by atoms with E-state index in [2.05, 4.69) is 15.5 Å². The molecule has 3 rings (SSSR count). The zero-order valence-corrected chi connectivity index (χ0v) is 15.1. The molecule has 2 fully saturated rings. The highest BCUT2D eigenvalue weighted by Crippen LogP contribution is 2.37. The van der Waals surface area contributed by atoms with Gasteiger partial charge in [-0.25, -0.2) is 4.79 Å². The summed E-state index contributed by atoms with van der Waals surface area (Å²) in [6, 6.07) is 7.87. The molecular weight excluding hydrogens is 318 g/mol. The average molecular weight is 347 g/mol. The van der Waals surface area contributed by atoms with Crippen LogP contribution in [0, 0.1) is 0 Å². The summed E-state index contributed by atoms with van der Waals surface area (Å²) in [6.45, 7) is 4.90. The van der Waals surface area contributed by atoms with Crippen LogP contribution in [0.3, 0.4) is 0 Å². The van der Waals surface area contributed by atoms with E-state index in [1.165, 1.54) is 24.8 Å². The van der Waals surface area contributed by atoms with Gasteiger partial charge in [0, 0.05) is 31.7 Å². The van der Waals surface area contributed by atoms with Crippen molar-refractivity contribution in [3.8, 4) is 5.75 Å². The number of rotatable bonds is 7. The fraction of sp³-hybridized carbons (Fsp3) is 0.632. The van der Waals surface area contributed by atoms with Gasteiger partial charge in [-0.05, 0) is 43.4 Å². The van der Waals surface area contributed by atoms with Crippen molar-refractivity contribution < 1.29 is 14.3 Å². The number of nitrogens with zero attached hydrogens (tertiary/aromatic N) is 1. The Morgan fingerprint density at radius 1 is 1.20 bits per heavy atom. The molecule has 0 atom stereocenters. The number of methoxy groups -OCH3 is 1. The molecule has 6 heteroatoms. The Morgan fingerprint density at radius 2 is 1.92 bits per heavy atom. The zero-order chi connectivity index (χ0) is 17.5. The lowest BCUT2D eigenvalue weighted by atomic mass is 9.75. The zero-order valence-electron chi connectivity index (χ0n) is 15.1.